The van der Waals surface area contributed by atoms with Crippen LogP contribution in [0.1, 0.15) is 27.0 Å². The van der Waals surface area contributed by atoms with E-state index in [0.717, 1.165) is 33.4 Å². The van der Waals surface area contributed by atoms with Gasteiger partial charge < -0.3 is 10.6 Å². The minimum atomic E-state index is -0.399. The summed E-state index contributed by atoms with van der Waals surface area (Å²) in [6.07, 6.45) is 1.67. The van der Waals surface area contributed by atoms with E-state index in [1.54, 1.807) is 18.2 Å². The number of hydrogen-bond donors (Lipinski definition) is 2. The average Bonchev–Trinajstić information content (AvgIpc) is 3.02. The van der Waals surface area contributed by atoms with Crippen LogP contribution in [0.3, 0.4) is 0 Å². The molecule has 4 amide bonds. The number of amides is 4. The Morgan fingerprint density at radius 3 is 2.45 bits per heavy atom. The van der Waals surface area contributed by atoms with E-state index in [4.69, 9.17) is 0 Å². The molecule has 0 unspecified atom stereocenters. The first-order chi connectivity index (χ1) is 14.8. The summed E-state index contributed by atoms with van der Waals surface area (Å²) in [5.74, 6) is -1.12. The molecule has 0 bridgehead atoms. The molecule has 31 heavy (non-hydrogen) atoms. The Bertz CT molecular complexity index is 1050. The van der Waals surface area contributed by atoms with Gasteiger partial charge in [-0.15, -0.1) is 0 Å². The van der Waals surface area contributed by atoms with Gasteiger partial charge in [-0.05, 0) is 60.5 Å². The first kappa shape index (κ1) is 22.3. The Kier molecular flexibility index (Phi) is 7.25. The highest BCUT2D eigenvalue weighted by Crippen LogP contribution is 2.31. The maximum absolute atomic E-state index is 12.5. The van der Waals surface area contributed by atoms with Gasteiger partial charge in [-0.2, -0.15) is 0 Å². The monoisotopic (exact) mass is 437 g/mol. The fourth-order valence-electron chi connectivity index (χ4n) is 2.91. The maximum atomic E-state index is 12.5. The standard InChI is InChI=1S/C23H23N3O4S/c1-15-8-9-18(12-16(15)2)21(28)25-14-20(27)24-10-11-26-22(29)19(31-23(26)30)13-17-6-4-3-5-7-17/h3-9,12-13H,10-11,14H2,1-2H3,(H,24,27)(H,25,28)/b19-13+. The third-order valence-corrected chi connectivity index (χ3v) is 5.71. The fourth-order valence-corrected chi connectivity index (χ4v) is 3.77. The molecular weight excluding hydrogens is 414 g/mol. The number of carbonyl (C=O) groups is 4. The average molecular weight is 438 g/mol. The highest BCUT2D eigenvalue weighted by atomic mass is 32.2. The molecule has 3 rings (SSSR count). The molecule has 0 atom stereocenters. The third kappa shape index (κ3) is 5.82. The van der Waals surface area contributed by atoms with E-state index in [-0.39, 0.29) is 36.7 Å². The number of imide groups is 1. The summed E-state index contributed by atoms with van der Waals surface area (Å²) in [5, 5.41) is 4.81. The minimum Gasteiger partial charge on any atom is -0.353 e. The van der Waals surface area contributed by atoms with Gasteiger partial charge >= 0.3 is 0 Å². The third-order valence-electron chi connectivity index (χ3n) is 4.81. The molecule has 1 saturated heterocycles. The lowest BCUT2D eigenvalue weighted by molar-refractivity contribution is -0.124. The Morgan fingerprint density at radius 1 is 1.00 bits per heavy atom. The van der Waals surface area contributed by atoms with E-state index in [1.807, 2.05) is 50.2 Å². The van der Waals surface area contributed by atoms with Crippen LogP contribution in [-0.2, 0) is 9.59 Å². The van der Waals surface area contributed by atoms with E-state index in [1.165, 1.54) is 0 Å². The summed E-state index contributed by atoms with van der Waals surface area (Å²) < 4.78 is 0. The van der Waals surface area contributed by atoms with Gasteiger partial charge in [0.2, 0.25) is 5.91 Å². The SMILES string of the molecule is Cc1ccc(C(=O)NCC(=O)NCCN2C(=O)S/C(=C/c3ccccc3)C2=O)cc1C. The molecule has 8 heteroatoms. The molecule has 0 aliphatic carbocycles. The summed E-state index contributed by atoms with van der Waals surface area (Å²) in [6, 6.07) is 14.6. The van der Waals surface area contributed by atoms with Crippen molar-refractivity contribution in [3.63, 3.8) is 0 Å². The number of carbonyl (C=O) groups excluding carboxylic acids is 4. The van der Waals surface area contributed by atoms with Gasteiger partial charge in [0.15, 0.2) is 0 Å². The Morgan fingerprint density at radius 2 is 1.74 bits per heavy atom. The highest BCUT2D eigenvalue weighted by molar-refractivity contribution is 8.18. The highest BCUT2D eigenvalue weighted by Gasteiger charge is 2.34. The maximum Gasteiger partial charge on any atom is 0.293 e. The van der Waals surface area contributed by atoms with Gasteiger partial charge in [-0.3, -0.25) is 24.1 Å². The number of nitrogens with zero attached hydrogens (tertiary/aromatic N) is 1. The lowest BCUT2D eigenvalue weighted by atomic mass is 10.1. The van der Waals surface area contributed by atoms with Gasteiger partial charge in [0.05, 0.1) is 11.4 Å². The van der Waals surface area contributed by atoms with Gasteiger partial charge in [0, 0.05) is 18.7 Å². The molecule has 2 aromatic rings. The lowest BCUT2D eigenvalue weighted by Gasteiger charge is -2.13. The fraction of sp³-hybridized carbons (Fsp3) is 0.217. The molecular formula is C23H23N3O4S. The second-order valence-electron chi connectivity index (χ2n) is 7.08. The zero-order valence-corrected chi connectivity index (χ0v) is 18.1. The van der Waals surface area contributed by atoms with Crippen LogP contribution in [0.15, 0.2) is 53.4 Å². The van der Waals surface area contributed by atoms with Crippen LogP contribution in [0.25, 0.3) is 6.08 Å². The van der Waals surface area contributed by atoms with Crippen molar-refractivity contribution >= 4 is 40.8 Å². The second kappa shape index (κ2) is 10.1. The van der Waals surface area contributed by atoms with Gasteiger partial charge in [-0.25, -0.2) is 0 Å². The molecule has 2 aromatic carbocycles. The first-order valence-corrected chi connectivity index (χ1v) is 10.6. The molecule has 1 aliphatic rings. The van der Waals surface area contributed by atoms with Crippen molar-refractivity contribution in [3.05, 3.63) is 75.7 Å². The van der Waals surface area contributed by atoms with Crippen molar-refractivity contribution in [2.75, 3.05) is 19.6 Å². The van der Waals surface area contributed by atoms with Gasteiger partial charge in [0.25, 0.3) is 17.1 Å². The summed E-state index contributed by atoms with van der Waals surface area (Å²) in [6.45, 7) is 3.85. The van der Waals surface area contributed by atoms with Crippen LogP contribution < -0.4 is 10.6 Å². The van der Waals surface area contributed by atoms with Crippen molar-refractivity contribution in [2.45, 2.75) is 13.8 Å². The largest absolute Gasteiger partial charge is 0.353 e. The molecule has 1 aliphatic heterocycles. The summed E-state index contributed by atoms with van der Waals surface area (Å²) >= 11 is 0.878. The van der Waals surface area contributed by atoms with E-state index in [2.05, 4.69) is 10.6 Å². The zero-order chi connectivity index (χ0) is 22.4. The number of benzene rings is 2. The predicted molar refractivity (Wildman–Crippen MR) is 120 cm³/mol. The van der Waals surface area contributed by atoms with Crippen molar-refractivity contribution < 1.29 is 19.2 Å². The molecule has 0 spiro atoms. The Labute approximate surface area is 184 Å². The van der Waals surface area contributed by atoms with Crippen molar-refractivity contribution in [2.24, 2.45) is 0 Å². The summed E-state index contributed by atoms with van der Waals surface area (Å²) in [4.78, 5) is 50.2. The normalized spacial score (nSPS) is 14.8. The van der Waals surface area contributed by atoms with Crippen LogP contribution in [-0.4, -0.2) is 47.5 Å². The van der Waals surface area contributed by atoms with Crippen LogP contribution in [0.4, 0.5) is 4.79 Å². The molecule has 1 fully saturated rings. The minimum absolute atomic E-state index is 0.0631. The van der Waals surface area contributed by atoms with Crippen LogP contribution >= 0.6 is 11.8 Å². The molecule has 2 N–H and O–H groups in total. The smallest absolute Gasteiger partial charge is 0.293 e. The van der Waals surface area contributed by atoms with Crippen LogP contribution in [0.2, 0.25) is 0 Å². The van der Waals surface area contributed by atoms with Gasteiger partial charge in [-0.1, -0.05) is 36.4 Å². The van der Waals surface area contributed by atoms with E-state index < -0.39 is 5.91 Å². The van der Waals surface area contributed by atoms with Crippen molar-refractivity contribution in [3.8, 4) is 0 Å². The number of hydrogen-bond acceptors (Lipinski definition) is 5. The number of aryl methyl sites for hydroxylation is 2. The topological polar surface area (TPSA) is 95.6 Å². The van der Waals surface area contributed by atoms with Crippen molar-refractivity contribution in [1.82, 2.24) is 15.5 Å². The lowest BCUT2D eigenvalue weighted by Crippen LogP contribution is -2.41. The first-order valence-electron chi connectivity index (χ1n) is 9.77. The molecule has 160 valence electrons. The quantitative estimate of drug-likeness (QED) is 0.650. The number of thioether (sulfide) groups is 1. The van der Waals surface area contributed by atoms with Crippen LogP contribution in [0.5, 0.6) is 0 Å². The Hall–Kier alpha value is -3.39. The van der Waals surface area contributed by atoms with Crippen LogP contribution in [0, 0.1) is 13.8 Å². The molecule has 0 saturated carbocycles. The van der Waals surface area contributed by atoms with E-state index in [9.17, 15) is 19.2 Å². The predicted octanol–water partition coefficient (Wildman–Crippen LogP) is 2.89. The molecule has 1 heterocycles. The van der Waals surface area contributed by atoms with E-state index in [0.29, 0.717) is 10.5 Å². The zero-order valence-electron chi connectivity index (χ0n) is 17.3. The Balaban J connectivity index is 1.45. The molecule has 0 aromatic heterocycles. The summed E-state index contributed by atoms with van der Waals surface area (Å²) in [5.41, 5.74) is 3.40. The second-order valence-corrected chi connectivity index (χ2v) is 8.07. The molecule has 7 nitrogen and oxygen atoms in total. The van der Waals surface area contributed by atoms with Gasteiger partial charge in [0.1, 0.15) is 0 Å². The molecule has 0 radical (unpaired) electrons. The summed E-state index contributed by atoms with van der Waals surface area (Å²) in [7, 11) is 0. The number of nitrogens with one attached hydrogen (secondary N) is 2. The van der Waals surface area contributed by atoms with E-state index >= 15 is 0 Å². The van der Waals surface area contributed by atoms with Crippen molar-refractivity contribution in [1.29, 1.82) is 0 Å². The number of rotatable bonds is 7.